The van der Waals surface area contributed by atoms with Crippen LogP contribution in [0.4, 0.5) is 5.69 Å². The average Bonchev–Trinajstić information content (AvgIpc) is 3.11. The van der Waals surface area contributed by atoms with Crippen molar-refractivity contribution < 1.29 is 9.53 Å². The van der Waals surface area contributed by atoms with Crippen molar-refractivity contribution in [3.8, 4) is 0 Å². The van der Waals surface area contributed by atoms with E-state index in [0.29, 0.717) is 20.6 Å². The Morgan fingerprint density at radius 2 is 1.92 bits per heavy atom. The van der Waals surface area contributed by atoms with Gasteiger partial charge in [-0.1, -0.05) is 29.5 Å². The molecule has 3 aromatic rings. The molecule has 0 amide bonds. The fraction of sp³-hybridized carbons (Fsp3) is 0.296. The average molecular weight is 587 g/mol. The van der Waals surface area contributed by atoms with Gasteiger partial charge in [-0.15, -0.1) is 11.8 Å². The number of hydrogen-bond donors (Lipinski definition) is 0. The van der Waals surface area contributed by atoms with E-state index in [-0.39, 0.29) is 11.7 Å². The highest BCUT2D eigenvalue weighted by atomic mass is 79.9. The van der Waals surface area contributed by atoms with Gasteiger partial charge in [0.1, 0.15) is 0 Å². The van der Waals surface area contributed by atoms with E-state index >= 15 is 0 Å². The zero-order valence-corrected chi connectivity index (χ0v) is 24.3. The van der Waals surface area contributed by atoms with Gasteiger partial charge in [-0.2, -0.15) is 0 Å². The molecule has 2 heterocycles. The molecule has 188 valence electrons. The number of esters is 1. The molecule has 1 aliphatic rings. The van der Waals surface area contributed by atoms with Crippen LogP contribution in [-0.4, -0.2) is 37.0 Å². The third-order valence-electron chi connectivity index (χ3n) is 5.77. The van der Waals surface area contributed by atoms with E-state index < -0.39 is 12.0 Å². The van der Waals surface area contributed by atoms with E-state index in [1.807, 2.05) is 87.6 Å². The third-order valence-corrected chi connectivity index (χ3v) is 8.13. The number of halogens is 1. The number of fused-ring (bicyclic) bond motifs is 1. The van der Waals surface area contributed by atoms with Crippen molar-refractivity contribution in [2.24, 2.45) is 4.99 Å². The molecule has 0 bridgehead atoms. The van der Waals surface area contributed by atoms with Gasteiger partial charge in [0.2, 0.25) is 0 Å². The smallest absolute Gasteiger partial charge is 0.338 e. The predicted molar refractivity (Wildman–Crippen MR) is 152 cm³/mol. The highest BCUT2D eigenvalue weighted by Crippen LogP contribution is 2.32. The molecule has 36 heavy (non-hydrogen) atoms. The number of benzene rings is 2. The molecule has 1 atom stereocenters. The van der Waals surface area contributed by atoms with Crippen LogP contribution in [0.3, 0.4) is 0 Å². The Hall–Kier alpha value is -2.62. The number of nitrogens with zero attached hydrogens (tertiary/aromatic N) is 3. The first-order chi connectivity index (χ1) is 17.1. The highest BCUT2D eigenvalue weighted by Gasteiger charge is 2.33. The number of allylic oxidation sites excluding steroid dienone is 1. The Labute approximate surface area is 227 Å². The van der Waals surface area contributed by atoms with Gasteiger partial charge in [0.25, 0.3) is 5.56 Å². The minimum absolute atomic E-state index is 0.187. The minimum atomic E-state index is -0.617. The van der Waals surface area contributed by atoms with Gasteiger partial charge in [0, 0.05) is 23.5 Å². The van der Waals surface area contributed by atoms with Crippen molar-refractivity contribution >= 4 is 56.8 Å². The summed E-state index contributed by atoms with van der Waals surface area (Å²) >= 11 is 6.58. The summed E-state index contributed by atoms with van der Waals surface area (Å²) in [6, 6.07) is 13.3. The number of aromatic nitrogens is 1. The van der Waals surface area contributed by atoms with E-state index in [0.717, 1.165) is 26.2 Å². The molecule has 0 saturated carbocycles. The Kier molecular flexibility index (Phi) is 7.92. The Morgan fingerprint density at radius 1 is 1.22 bits per heavy atom. The molecule has 6 nitrogen and oxygen atoms in total. The monoisotopic (exact) mass is 585 g/mol. The van der Waals surface area contributed by atoms with Crippen molar-refractivity contribution in [3.05, 3.63) is 89.0 Å². The lowest BCUT2D eigenvalue weighted by Crippen LogP contribution is -2.40. The molecule has 4 rings (SSSR count). The van der Waals surface area contributed by atoms with E-state index in [9.17, 15) is 9.59 Å². The van der Waals surface area contributed by atoms with Crippen LogP contribution in [0.2, 0.25) is 0 Å². The first-order valence-corrected chi connectivity index (χ1v) is 14.3. The zero-order chi connectivity index (χ0) is 26.1. The molecule has 0 unspecified atom stereocenters. The first-order valence-electron chi connectivity index (χ1n) is 11.4. The van der Waals surface area contributed by atoms with Crippen LogP contribution in [0.5, 0.6) is 0 Å². The molecule has 2 aromatic carbocycles. The summed E-state index contributed by atoms with van der Waals surface area (Å²) in [6.45, 7) is 5.42. The Morgan fingerprint density at radius 3 is 2.50 bits per heavy atom. The van der Waals surface area contributed by atoms with Gasteiger partial charge in [-0.3, -0.25) is 9.36 Å². The second-order valence-electron chi connectivity index (χ2n) is 8.91. The van der Waals surface area contributed by atoms with Gasteiger partial charge in [0.05, 0.1) is 33.6 Å². The predicted octanol–water partition coefficient (Wildman–Crippen LogP) is 4.74. The molecule has 1 aliphatic heterocycles. The molecule has 0 radical (unpaired) electrons. The summed E-state index contributed by atoms with van der Waals surface area (Å²) < 4.78 is 8.68. The van der Waals surface area contributed by atoms with Crippen LogP contribution in [0, 0.1) is 0 Å². The largest absolute Gasteiger partial charge is 0.459 e. The number of thioether (sulfide) groups is 1. The SMILES string of the molecule is CSc1ccc([C@@H]2C(C(=O)OC(C)C)=C(C)N=c3s/c(=C\c4ccc(N(C)C)c(Br)c4)c(=O)n32)cc1. The van der Waals surface area contributed by atoms with Crippen LogP contribution in [0.15, 0.2) is 72.9 Å². The van der Waals surface area contributed by atoms with Crippen molar-refractivity contribution in [2.45, 2.75) is 37.8 Å². The van der Waals surface area contributed by atoms with Gasteiger partial charge < -0.3 is 9.64 Å². The van der Waals surface area contributed by atoms with E-state index in [1.165, 1.54) is 11.3 Å². The minimum Gasteiger partial charge on any atom is -0.459 e. The topological polar surface area (TPSA) is 63.9 Å². The lowest BCUT2D eigenvalue weighted by Gasteiger charge is -2.25. The number of rotatable bonds is 6. The molecule has 0 saturated heterocycles. The Balaban J connectivity index is 1.90. The fourth-order valence-electron chi connectivity index (χ4n) is 4.09. The van der Waals surface area contributed by atoms with E-state index in [2.05, 4.69) is 20.9 Å². The third kappa shape index (κ3) is 5.23. The maximum atomic E-state index is 13.8. The van der Waals surface area contributed by atoms with Crippen molar-refractivity contribution in [1.82, 2.24) is 4.57 Å². The molecule has 9 heteroatoms. The second kappa shape index (κ2) is 10.8. The fourth-order valence-corrected chi connectivity index (χ4v) is 6.29. The lowest BCUT2D eigenvalue weighted by atomic mass is 9.96. The Bertz CT molecular complexity index is 1520. The van der Waals surface area contributed by atoms with Crippen LogP contribution in [0.25, 0.3) is 6.08 Å². The summed E-state index contributed by atoms with van der Waals surface area (Å²) in [6.07, 6.45) is 3.59. The molecular formula is C27H28BrN3O3S2. The standard InChI is InChI=1S/C27H28BrN3O3S2/c1-15(2)34-26(33)23-16(3)29-27-31(24(23)18-8-10-19(35-6)11-9-18)25(32)22(36-27)14-17-7-12-21(30(4)5)20(28)13-17/h7-15,24H,1-6H3/b22-14-/t24-/m1/s1. The van der Waals surface area contributed by atoms with Crippen molar-refractivity contribution in [2.75, 3.05) is 25.3 Å². The maximum absolute atomic E-state index is 13.8. The molecule has 0 aliphatic carbocycles. The summed E-state index contributed by atoms with van der Waals surface area (Å²) in [5.41, 5.74) is 3.54. The lowest BCUT2D eigenvalue weighted by molar-refractivity contribution is -0.143. The number of carbonyl (C=O) groups is 1. The highest BCUT2D eigenvalue weighted by molar-refractivity contribution is 9.10. The molecule has 0 fully saturated rings. The van der Waals surface area contributed by atoms with Crippen LogP contribution < -0.4 is 19.8 Å². The maximum Gasteiger partial charge on any atom is 0.338 e. The summed E-state index contributed by atoms with van der Waals surface area (Å²) in [5, 5.41) is 0. The van der Waals surface area contributed by atoms with Crippen LogP contribution in [0.1, 0.15) is 37.9 Å². The zero-order valence-electron chi connectivity index (χ0n) is 21.0. The molecule has 0 N–H and O–H groups in total. The first kappa shape index (κ1) is 26.4. The van der Waals surface area contributed by atoms with Gasteiger partial charge in [-0.25, -0.2) is 9.79 Å². The van der Waals surface area contributed by atoms with Gasteiger partial charge in [-0.05, 0) is 84.4 Å². The summed E-state index contributed by atoms with van der Waals surface area (Å²) in [5.74, 6) is -0.456. The van der Waals surface area contributed by atoms with Crippen molar-refractivity contribution in [1.29, 1.82) is 0 Å². The number of anilines is 1. The van der Waals surface area contributed by atoms with Crippen LogP contribution in [-0.2, 0) is 9.53 Å². The number of ether oxygens (including phenoxy) is 1. The van der Waals surface area contributed by atoms with E-state index in [4.69, 9.17) is 4.74 Å². The number of hydrogen-bond acceptors (Lipinski definition) is 7. The van der Waals surface area contributed by atoms with Crippen molar-refractivity contribution in [3.63, 3.8) is 0 Å². The normalized spacial score (nSPS) is 15.7. The van der Waals surface area contributed by atoms with E-state index in [1.54, 1.807) is 23.3 Å². The summed E-state index contributed by atoms with van der Waals surface area (Å²) in [7, 11) is 3.96. The van der Waals surface area contributed by atoms with Crippen LogP contribution >= 0.6 is 39.0 Å². The molecule has 0 spiro atoms. The summed E-state index contributed by atoms with van der Waals surface area (Å²) in [4.78, 5) is 35.3. The quantitative estimate of drug-likeness (QED) is 0.309. The number of thiazole rings is 1. The number of carbonyl (C=O) groups excluding carboxylic acids is 1. The molecule has 1 aromatic heterocycles. The molecular weight excluding hydrogens is 558 g/mol. The van der Waals surface area contributed by atoms with Gasteiger partial charge >= 0.3 is 5.97 Å². The van der Waals surface area contributed by atoms with Gasteiger partial charge in [0.15, 0.2) is 4.80 Å². The second-order valence-corrected chi connectivity index (χ2v) is 11.7.